The van der Waals surface area contributed by atoms with Gasteiger partial charge in [0.05, 0.1) is 0 Å². The Hall–Kier alpha value is -2.10. The number of Topliss-reactive ketones (excluding diaryl/α,β-unsaturated/α-hetero) is 1. The number of hydrogen-bond donors (Lipinski definition) is 1. The molecule has 3 rings (SSSR count). The van der Waals surface area contributed by atoms with Crippen LogP contribution in [0.15, 0.2) is 30.9 Å². The predicted octanol–water partition coefficient (Wildman–Crippen LogP) is 3.36. The molecule has 1 saturated carbocycles. The molecule has 0 radical (unpaired) electrons. The van der Waals surface area contributed by atoms with Crippen LogP contribution in [0.5, 0.6) is 0 Å². The van der Waals surface area contributed by atoms with Crippen molar-refractivity contribution in [2.24, 2.45) is 0 Å². The lowest BCUT2D eigenvalue weighted by atomic mass is 9.81. The van der Waals surface area contributed by atoms with Crippen LogP contribution in [0.3, 0.4) is 0 Å². The quantitative estimate of drug-likeness (QED) is 0.808. The molecular weight excluding hydrogens is 312 g/mol. The molecule has 1 aromatic carbocycles. The molecule has 1 aromatic rings. The van der Waals surface area contributed by atoms with Crippen molar-refractivity contribution in [1.82, 2.24) is 5.32 Å². The molecule has 1 aliphatic heterocycles. The third-order valence-corrected chi connectivity index (χ3v) is 5.65. The van der Waals surface area contributed by atoms with E-state index in [1.165, 1.54) is 16.8 Å². The van der Waals surface area contributed by atoms with E-state index in [-0.39, 0.29) is 11.9 Å². The van der Waals surface area contributed by atoms with Crippen molar-refractivity contribution >= 4 is 17.4 Å². The molecule has 4 nitrogen and oxygen atoms in total. The zero-order valence-electron chi connectivity index (χ0n) is 15.1. The van der Waals surface area contributed by atoms with Gasteiger partial charge in [0, 0.05) is 32.1 Å². The van der Waals surface area contributed by atoms with E-state index in [2.05, 4.69) is 35.0 Å². The van der Waals surface area contributed by atoms with Crippen molar-refractivity contribution in [1.29, 1.82) is 0 Å². The maximum atomic E-state index is 12.4. The molecule has 1 atom stereocenters. The van der Waals surface area contributed by atoms with Gasteiger partial charge < -0.3 is 10.2 Å². The number of hydrogen-bond acceptors (Lipinski definition) is 3. The number of nitrogens with zero attached hydrogens (tertiary/aromatic N) is 1. The number of rotatable bonds is 6. The van der Waals surface area contributed by atoms with Crippen LogP contribution >= 0.6 is 0 Å². The van der Waals surface area contributed by atoms with Crippen molar-refractivity contribution in [3.05, 3.63) is 42.0 Å². The lowest BCUT2D eigenvalue weighted by Crippen LogP contribution is -2.45. The first-order chi connectivity index (χ1) is 12.2. The molecule has 0 bridgehead atoms. The molecule has 0 saturated heterocycles. The summed E-state index contributed by atoms with van der Waals surface area (Å²) in [7, 11) is 1.70. The van der Waals surface area contributed by atoms with E-state index in [1.54, 1.807) is 7.05 Å². The van der Waals surface area contributed by atoms with E-state index in [0.29, 0.717) is 24.5 Å². The van der Waals surface area contributed by atoms with Crippen LogP contribution in [-0.4, -0.2) is 31.3 Å². The SMILES string of the molecule is C=CCCC(C(=O)NC)N1CCc2c(C3CCC(=O)CC3)cccc21. The van der Waals surface area contributed by atoms with E-state index in [4.69, 9.17) is 0 Å². The summed E-state index contributed by atoms with van der Waals surface area (Å²) < 4.78 is 0. The number of benzene rings is 1. The first-order valence-corrected chi connectivity index (χ1v) is 9.38. The minimum absolute atomic E-state index is 0.0726. The fourth-order valence-electron chi connectivity index (χ4n) is 4.31. The molecule has 0 aromatic heterocycles. The molecule has 134 valence electrons. The van der Waals surface area contributed by atoms with Crippen molar-refractivity contribution in [2.45, 2.75) is 56.9 Å². The Labute approximate surface area is 150 Å². The molecule has 1 N–H and O–H groups in total. The Morgan fingerprint density at radius 1 is 1.36 bits per heavy atom. The van der Waals surface area contributed by atoms with Crippen molar-refractivity contribution in [3.63, 3.8) is 0 Å². The van der Waals surface area contributed by atoms with Crippen LogP contribution in [-0.2, 0) is 16.0 Å². The molecule has 1 aliphatic carbocycles. The lowest BCUT2D eigenvalue weighted by Gasteiger charge is -2.29. The van der Waals surface area contributed by atoms with Gasteiger partial charge in [0.1, 0.15) is 11.8 Å². The van der Waals surface area contributed by atoms with Gasteiger partial charge in [-0.25, -0.2) is 0 Å². The average Bonchev–Trinajstić information content (AvgIpc) is 3.06. The fraction of sp³-hybridized carbons (Fsp3) is 0.524. The van der Waals surface area contributed by atoms with E-state index in [0.717, 1.165) is 38.6 Å². The van der Waals surface area contributed by atoms with Gasteiger partial charge in [0.25, 0.3) is 0 Å². The zero-order chi connectivity index (χ0) is 17.8. The number of nitrogens with one attached hydrogen (secondary N) is 1. The van der Waals surface area contributed by atoms with Crippen LogP contribution < -0.4 is 10.2 Å². The number of anilines is 1. The Morgan fingerprint density at radius 2 is 2.12 bits per heavy atom. The summed E-state index contributed by atoms with van der Waals surface area (Å²) in [5.74, 6) is 0.956. The lowest BCUT2D eigenvalue weighted by molar-refractivity contribution is -0.122. The van der Waals surface area contributed by atoms with Crippen molar-refractivity contribution in [2.75, 3.05) is 18.5 Å². The maximum absolute atomic E-state index is 12.4. The summed E-state index contributed by atoms with van der Waals surface area (Å²) in [6, 6.07) is 6.33. The molecular formula is C21H28N2O2. The number of carbonyl (C=O) groups is 2. The van der Waals surface area contributed by atoms with E-state index in [1.807, 2.05) is 6.08 Å². The van der Waals surface area contributed by atoms with Gasteiger partial charge in [0.15, 0.2) is 0 Å². The summed E-state index contributed by atoms with van der Waals surface area (Å²) in [5, 5.41) is 2.81. The van der Waals surface area contributed by atoms with Crippen molar-refractivity contribution < 1.29 is 9.59 Å². The molecule has 25 heavy (non-hydrogen) atoms. The normalized spacial score (nSPS) is 18.8. The van der Waals surface area contributed by atoms with E-state index in [9.17, 15) is 9.59 Å². The highest BCUT2D eigenvalue weighted by Gasteiger charge is 2.33. The van der Waals surface area contributed by atoms with Crippen LogP contribution in [0, 0.1) is 0 Å². The molecule has 0 spiro atoms. The topological polar surface area (TPSA) is 49.4 Å². The summed E-state index contributed by atoms with van der Waals surface area (Å²) in [6.07, 6.45) is 7.81. The minimum atomic E-state index is -0.146. The van der Waals surface area contributed by atoms with Gasteiger partial charge >= 0.3 is 0 Å². The molecule has 4 heteroatoms. The van der Waals surface area contributed by atoms with Gasteiger partial charge in [-0.05, 0) is 55.2 Å². The summed E-state index contributed by atoms with van der Waals surface area (Å²) in [5.41, 5.74) is 3.98. The molecule has 1 fully saturated rings. The van der Waals surface area contributed by atoms with Gasteiger partial charge in [-0.2, -0.15) is 0 Å². The summed E-state index contributed by atoms with van der Waals surface area (Å²) in [4.78, 5) is 26.2. The standard InChI is InChI=1S/C21H28N2O2/c1-3-4-7-20(21(25)22-2)23-14-13-18-17(6-5-8-19(18)23)15-9-11-16(24)12-10-15/h3,5-6,8,15,20H,1,4,7,9-14H2,2H3,(H,22,25). The second kappa shape index (κ2) is 7.85. The minimum Gasteiger partial charge on any atom is -0.359 e. The molecule has 1 amide bonds. The van der Waals surface area contributed by atoms with Crippen LogP contribution in [0.25, 0.3) is 0 Å². The van der Waals surface area contributed by atoms with Gasteiger partial charge in [-0.15, -0.1) is 6.58 Å². The number of fused-ring (bicyclic) bond motifs is 1. The first-order valence-electron chi connectivity index (χ1n) is 9.38. The number of allylic oxidation sites excluding steroid dienone is 1. The Bertz CT molecular complexity index is 658. The zero-order valence-corrected chi connectivity index (χ0v) is 15.1. The second-order valence-electron chi connectivity index (χ2n) is 7.10. The van der Waals surface area contributed by atoms with Crippen LogP contribution in [0.4, 0.5) is 5.69 Å². The number of likely N-dealkylation sites (N-methyl/N-ethyl adjacent to an activating group) is 1. The van der Waals surface area contributed by atoms with Crippen LogP contribution in [0.1, 0.15) is 55.6 Å². The second-order valence-corrected chi connectivity index (χ2v) is 7.10. The van der Waals surface area contributed by atoms with Crippen molar-refractivity contribution in [3.8, 4) is 0 Å². The predicted molar refractivity (Wildman–Crippen MR) is 101 cm³/mol. The first kappa shape index (κ1) is 17.7. The molecule has 1 heterocycles. The van der Waals surface area contributed by atoms with Gasteiger partial charge in [-0.3, -0.25) is 9.59 Å². The van der Waals surface area contributed by atoms with Crippen LogP contribution in [0.2, 0.25) is 0 Å². The molecule has 2 aliphatic rings. The maximum Gasteiger partial charge on any atom is 0.242 e. The Kier molecular flexibility index (Phi) is 5.57. The highest BCUT2D eigenvalue weighted by atomic mass is 16.2. The third kappa shape index (κ3) is 3.63. The highest BCUT2D eigenvalue weighted by molar-refractivity contribution is 5.86. The average molecular weight is 340 g/mol. The summed E-state index contributed by atoms with van der Waals surface area (Å²) in [6.45, 7) is 4.67. The highest BCUT2D eigenvalue weighted by Crippen LogP contribution is 2.40. The monoisotopic (exact) mass is 340 g/mol. The van der Waals surface area contributed by atoms with Gasteiger partial charge in [0.2, 0.25) is 5.91 Å². The third-order valence-electron chi connectivity index (χ3n) is 5.65. The Balaban J connectivity index is 1.86. The molecule has 1 unspecified atom stereocenters. The smallest absolute Gasteiger partial charge is 0.242 e. The van der Waals surface area contributed by atoms with E-state index < -0.39 is 0 Å². The number of carbonyl (C=O) groups excluding carboxylic acids is 2. The Morgan fingerprint density at radius 3 is 2.80 bits per heavy atom. The number of amides is 1. The largest absolute Gasteiger partial charge is 0.359 e. The fourth-order valence-corrected chi connectivity index (χ4v) is 4.31. The van der Waals surface area contributed by atoms with E-state index >= 15 is 0 Å². The summed E-state index contributed by atoms with van der Waals surface area (Å²) >= 11 is 0. The van der Waals surface area contributed by atoms with Gasteiger partial charge in [-0.1, -0.05) is 18.2 Å². The number of ketones is 1.